The summed E-state index contributed by atoms with van der Waals surface area (Å²) in [6.07, 6.45) is 1.24. The van der Waals surface area contributed by atoms with Gasteiger partial charge in [0.1, 0.15) is 28.9 Å². The van der Waals surface area contributed by atoms with Crippen molar-refractivity contribution >= 4 is 17.7 Å². The normalized spacial score (nSPS) is 10.8. The molecule has 0 fully saturated rings. The Bertz CT molecular complexity index is 876. The van der Waals surface area contributed by atoms with E-state index in [1.165, 1.54) is 37.5 Å². The summed E-state index contributed by atoms with van der Waals surface area (Å²) in [6.45, 7) is 1.78. The van der Waals surface area contributed by atoms with Crippen LogP contribution in [-0.4, -0.2) is 24.6 Å². The van der Waals surface area contributed by atoms with Crippen molar-refractivity contribution in [1.82, 2.24) is 0 Å². The molecule has 0 bridgehead atoms. The van der Waals surface area contributed by atoms with Gasteiger partial charge in [0.2, 0.25) is 0 Å². The van der Waals surface area contributed by atoms with Gasteiger partial charge in [-0.1, -0.05) is 0 Å². The first kappa shape index (κ1) is 17.7. The molecule has 1 aromatic heterocycles. The van der Waals surface area contributed by atoms with Crippen LogP contribution in [0, 0.1) is 21.4 Å². The average Bonchev–Trinajstić information content (AvgIpc) is 3.07. The summed E-state index contributed by atoms with van der Waals surface area (Å²) < 4.78 is 15.5. The van der Waals surface area contributed by atoms with Gasteiger partial charge in [0.15, 0.2) is 0 Å². The lowest BCUT2D eigenvalue weighted by Gasteiger charge is -2.05. The average molecular weight is 342 g/mol. The van der Waals surface area contributed by atoms with E-state index in [1.807, 2.05) is 0 Å². The second-order valence-corrected chi connectivity index (χ2v) is 4.73. The molecule has 0 aliphatic rings. The lowest BCUT2D eigenvalue weighted by atomic mass is 10.1. The highest BCUT2D eigenvalue weighted by atomic mass is 16.6. The number of methoxy groups -OCH3 is 1. The van der Waals surface area contributed by atoms with Gasteiger partial charge in [-0.05, 0) is 25.1 Å². The van der Waals surface area contributed by atoms with Crippen LogP contribution in [0.1, 0.15) is 12.7 Å². The van der Waals surface area contributed by atoms with E-state index in [4.69, 9.17) is 19.2 Å². The van der Waals surface area contributed by atoms with Crippen molar-refractivity contribution in [2.24, 2.45) is 0 Å². The summed E-state index contributed by atoms with van der Waals surface area (Å²) in [6, 6.07) is 8.94. The van der Waals surface area contributed by atoms with Crippen molar-refractivity contribution in [2.75, 3.05) is 13.7 Å². The lowest BCUT2D eigenvalue weighted by Crippen LogP contribution is -2.05. The Morgan fingerprint density at radius 2 is 2.16 bits per heavy atom. The molecule has 0 saturated carbocycles. The minimum Gasteiger partial charge on any atom is -0.496 e. The fourth-order valence-corrected chi connectivity index (χ4v) is 2.07. The third kappa shape index (κ3) is 4.03. The minimum absolute atomic E-state index is 0.117. The molecule has 1 heterocycles. The van der Waals surface area contributed by atoms with Crippen LogP contribution in [0.15, 0.2) is 40.3 Å². The van der Waals surface area contributed by atoms with Crippen molar-refractivity contribution in [3.05, 3.63) is 51.8 Å². The van der Waals surface area contributed by atoms with E-state index in [0.717, 1.165) is 0 Å². The number of hydrogen-bond acceptors (Lipinski definition) is 7. The van der Waals surface area contributed by atoms with Crippen molar-refractivity contribution in [3.63, 3.8) is 0 Å². The number of nitro benzene ring substituents is 1. The quantitative estimate of drug-likeness (QED) is 0.260. The standard InChI is InChI=1S/C17H14N2O6/c1-3-24-17(20)11(10-18)8-13-5-7-16(25-13)14-9-12(19(21)22)4-6-15(14)23-2/h4-9H,3H2,1-2H3/b11-8+. The Hall–Kier alpha value is -3.60. The van der Waals surface area contributed by atoms with Gasteiger partial charge >= 0.3 is 5.97 Å². The zero-order valence-corrected chi connectivity index (χ0v) is 13.5. The number of furan rings is 1. The smallest absolute Gasteiger partial charge is 0.349 e. The SMILES string of the molecule is CCOC(=O)/C(C#N)=C/c1ccc(-c2cc([N+](=O)[O-])ccc2OC)o1. The number of benzene rings is 1. The Balaban J connectivity index is 2.42. The van der Waals surface area contributed by atoms with Crippen molar-refractivity contribution in [3.8, 4) is 23.1 Å². The topological polar surface area (TPSA) is 116 Å². The van der Waals surface area contributed by atoms with Gasteiger partial charge in [-0.2, -0.15) is 5.26 Å². The van der Waals surface area contributed by atoms with E-state index in [-0.39, 0.29) is 23.6 Å². The summed E-state index contributed by atoms with van der Waals surface area (Å²) in [5, 5.41) is 20.0. The molecular formula is C17H14N2O6. The highest BCUT2D eigenvalue weighted by Crippen LogP contribution is 2.34. The number of carbonyl (C=O) groups excluding carboxylic acids is 1. The molecule has 0 N–H and O–H groups in total. The lowest BCUT2D eigenvalue weighted by molar-refractivity contribution is -0.384. The van der Waals surface area contributed by atoms with Gasteiger partial charge < -0.3 is 13.9 Å². The summed E-state index contributed by atoms with van der Waals surface area (Å²) in [5.74, 6) is 0.165. The number of non-ortho nitro benzene ring substituents is 1. The van der Waals surface area contributed by atoms with Crippen molar-refractivity contribution in [2.45, 2.75) is 6.92 Å². The van der Waals surface area contributed by atoms with Crippen LogP contribution in [-0.2, 0) is 9.53 Å². The molecule has 128 valence electrons. The van der Waals surface area contributed by atoms with Gasteiger partial charge in [-0.3, -0.25) is 10.1 Å². The molecule has 0 spiro atoms. The monoisotopic (exact) mass is 342 g/mol. The molecule has 0 saturated heterocycles. The van der Waals surface area contributed by atoms with Crippen LogP contribution >= 0.6 is 0 Å². The second kappa shape index (κ2) is 7.79. The van der Waals surface area contributed by atoms with Gasteiger partial charge in [-0.25, -0.2) is 4.79 Å². The van der Waals surface area contributed by atoms with Gasteiger partial charge in [-0.15, -0.1) is 0 Å². The molecule has 0 atom stereocenters. The molecule has 0 aliphatic heterocycles. The van der Waals surface area contributed by atoms with E-state index in [2.05, 4.69) is 0 Å². The Labute approximate surface area is 143 Å². The fraction of sp³-hybridized carbons (Fsp3) is 0.176. The third-order valence-electron chi connectivity index (χ3n) is 3.19. The molecule has 1 aromatic carbocycles. The van der Waals surface area contributed by atoms with E-state index >= 15 is 0 Å². The molecule has 0 amide bonds. The van der Waals surface area contributed by atoms with Crippen LogP contribution in [0.3, 0.4) is 0 Å². The number of esters is 1. The minimum atomic E-state index is -0.754. The number of nitro groups is 1. The Kier molecular flexibility index (Phi) is 5.53. The highest BCUT2D eigenvalue weighted by molar-refractivity contribution is 5.97. The van der Waals surface area contributed by atoms with Crippen LogP contribution in [0.5, 0.6) is 5.75 Å². The number of rotatable bonds is 6. The van der Waals surface area contributed by atoms with E-state index in [0.29, 0.717) is 17.1 Å². The summed E-state index contributed by atoms with van der Waals surface area (Å²) in [4.78, 5) is 22.0. The first-order chi connectivity index (χ1) is 12.0. The molecule has 0 aliphatic carbocycles. The van der Waals surface area contributed by atoms with Gasteiger partial charge in [0, 0.05) is 18.2 Å². The Morgan fingerprint density at radius 1 is 1.40 bits per heavy atom. The molecular weight excluding hydrogens is 328 g/mol. The van der Waals surface area contributed by atoms with E-state index in [1.54, 1.807) is 19.1 Å². The first-order valence-electron chi connectivity index (χ1n) is 7.21. The molecule has 25 heavy (non-hydrogen) atoms. The van der Waals surface area contributed by atoms with Crippen molar-refractivity contribution < 1.29 is 23.6 Å². The molecule has 2 aromatic rings. The molecule has 8 heteroatoms. The molecule has 2 rings (SSSR count). The number of hydrogen-bond donors (Lipinski definition) is 0. The van der Waals surface area contributed by atoms with Crippen LogP contribution in [0.4, 0.5) is 5.69 Å². The van der Waals surface area contributed by atoms with Gasteiger partial charge in [0.25, 0.3) is 5.69 Å². The highest BCUT2D eigenvalue weighted by Gasteiger charge is 2.16. The summed E-state index contributed by atoms with van der Waals surface area (Å²) in [5.41, 5.74) is 0.0493. The predicted octanol–water partition coefficient (Wildman–Crippen LogP) is 3.33. The van der Waals surface area contributed by atoms with Crippen LogP contribution < -0.4 is 4.74 Å². The van der Waals surface area contributed by atoms with Crippen LogP contribution in [0.25, 0.3) is 17.4 Å². The number of nitrogens with zero attached hydrogens (tertiary/aromatic N) is 2. The fourth-order valence-electron chi connectivity index (χ4n) is 2.07. The number of nitriles is 1. The maximum atomic E-state index is 11.6. The number of ether oxygens (including phenoxy) is 2. The second-order valence-electron chi connectivity index (χ2n) is 4.73. The maximum absolute atomic E-state index is 11.6. The number of carbonyl (C=O) groups is 1. The van der Waals surface area contributed by atoms with Gasteiger partial charge in [0.05, 0.1) is 24.2 Å². The summed E-state index contributed by atoms with van der Waals surface area (Å²) in [7, 11) is 1.43. The van der Waals surface area contributed by atoms with E-state index < -0.39 is 10.9 Å². The molecule has 8 nitrogen and oxygen atoms in total. The first-order valence-corrected chi connectivity index (χ1v) is 7.21. The van der Waals surface area contributed by atoms with Crippen molar-refractivity contribution in [1.29, 1.82) is 5.26 Å². The zero-order valence-electron chi connectivity index (χ0n) is 13.5. The van der Waals surface area contributed by atoms with Crippen LogP contribution in [0.2, 0.25) is 0 Å². The third-order valence-corrected chi connectivity index (χ3v) is 3.19. The largest absolute Gasteiger partial charge is 0.496 e. The maximum Gasteiger partial charge on any atom is 0.349 e. The molecule has 0 unspecified atom stereocenters. The predicted molar refractivity (Wildman–Crippen MR) is 87.6 cm³/mol. The van der Waals surface area contributed by atoms with E-state index in [9.17, 15) is 14.9 Å². The Morgan fingerprint density at radius 3 is 2.76 bits per heavy atom. The zero-order chi connectivity index (χ0) is 18.4. The molecule has 0 radical (unpaired) electrons. The summed E-state index contributed by atoms with van der Waals surface area (Å²) >= 11 is 0.